The molecule has 0 atom stereocenters. The minimum absolute atomic E-state index is 0.0442. The Labute approximate surface area is 174 Å². The molecule has 144 valence electrons. The summed E-state index contributed by atoms with van der Waals surface area (Å²) in [5.74, 6) is -0.467. The number of carbonyl (C=O) groups is 2. The van der Waals surface area contributed by atoms with Crippen LogP contribution in [0.5, 0.6) is 0 Å². The standard InChI is InChI=1S/C27H18O3/c1-2-17-11-12-19-16-20(14-13-18(19)15-17)27(29)30-26-23-9-5-3-7-21(23)25(28)22-8-4-6-10-24(22)26/h2-16,26H,1H2. The number of ketones is 1. The molecule has 1 aliphatic rings. The number of benzene rings is 4. The van der Waals surface area contributed by atoms with Crippen LogP contribution in [0.2, 0.25) is 0 Å². The predicted octanol–water partition coefficient (Wildman–Crippen LogP) is 5.97. The van der Waals surface area contributed by atoms with Gasteiger partial charge < -0.3 is 4.74 Å². The van der Waals surface area contributed by atoms with E-state index >= 15 is 0 Å². The van der Waals surface area contributed by atoms with E-state index in [1.54, 1.807) is 24.3 Å². The lowest BCUT2D eigenvalue weighted by molar-refractivity contribution is 0.0369. The van der Waals surface area contributed by atoms with E-state index in [2.05, 4.69) is 6.58 Å². The first-order valence-corrected chi connectivity index (χ1v) is 9.75. The second-order valence-corrected chi connectivity index (χ2v) is 7.31. The summed E-state index contributed by atoms with van der Waals surface area (Å²) in [6.07, 6.45) is 1.17. The molecule has 1 aliphatic carbocycles. The van der Waals surface area contributed by atoms with Gasteiger partial charge in [0.1, 0.15) is 0 Å². The quantitative estimate of drug-likeness (QED) is 0.405. The van der Waals surface area contributed by atoms with E-state index in [1.165, 1.54) is 0 Å². The summed E-state index contributed by atoms with van der Waals surface area (Å²) in [5, 5.41) is 1.98. The van der Waals surface area contributed by atoms with Crippen molar-refractivity contribution in [1.29, 1.82) is 0 Å². The molecule has 0 bridgehead atoms. The summed E-state index contributed by atoms with van der Waals surface area (Å²) in [6.45, 7) is 3.79. The molecule has 0 aliphatic heterocycles. The number of hydrogen-bond donors (Lipinski definition) is 0. The Morgan fingerprint density at radius 1 is 0.800 bits per heavy atom. The third-order valence-corrected chi connectivity index (χ3v) is 5.54. The zero-order chi connectivity index (χ0) is 20.7. The van der Waals surface area contributed by atoms with Crippen molar-refractivity contribution in [3.8, 4) is 0 Å². The van der Waals surface area contributed by atoms with Gasteiger partial charge >= 0.3 is 5.97 Å². The van der Waals surface area contributed by atoms with Gasteiger partial charge in [0.25, 0.3) is 0 Å². The van der Waals surface area contributed by atoms with Gasteiger partial charge in [-0.3, -0.25) is 4.79 Å². The highest BCUT2D eigenvalue weighted by atomic mass is 16.5. The van der Waals surface area contributed by atoms with Crippen LogP contribution in [0.4, 0.5) is 0 Å². The van der Waals surface area contributed by atoms with Crippen LogP contribution in [0.3, 0.4) is 0 Å². The SMILES string of the molecule is C=Cc1ccc2cc(C(=O)OC3c4ccccc4C(=O)c4ccccc43)ccc2c1. The molecule has 0 saturated carbocycles. The van der Waals surface area contributed by atoms with Gasteiger partial charge in [-0.15, -0.1) is 0 Å². The first-order valence-electron chi connectivity index (χ1n) is 9.75. The van der Waals surface area contributed by atoms with Crippen molar-refractivity contribution in [2.75, 3.05) is 0 Å². The van der Waals surface area contributed by atoms with Crippen LogP contribution in [0.25, 0.3) is 16.8 Å². The van der Waals surface area contributed by atoms with Crippen molar-refractivity contribution >= 4 is 28.6 Å². The van der Waals surface area contributed by atoms with Gasteiger partial charge in [0, 0.05) is 22.3 Å². The van der Waals surface area contributed by atoms with Crippen molar-refractivity contribution in [2.45, 2.75) is 6.10 Å². The highest BCUT2D eigenvalue weighted by Gasteiger charge is 2.33. The summed E-state index contributed by atoms with van der Waals surface area (Å²) in [5.41, 5.74) is 4.07. The topological polar surface area (TPSA) is 43.4 Å². The maximum absolute atomic E-state index is 13.1. The largest absolute Gasteiger partial charge is 0.449 e. The molecule has 0 spiro atoms. The Morgan fingerprint density at radius 2 is 1.40 bits per heavy atom. The molecule has 0 saturated heterocycles. The fraction of sp³-hybridized carbons (Fsp3) is 0.0370. The van der Waals surface area contributed by atoms with Gasteiger partial charge in [0.15, 0.2) is 11.9 Å². The zero-order valence-corrected chi connectivity index (χ0v) is 16.2. The van der Waals surface area contributed by atoms with Gasteiger partial charge in [-0.1, -0.05) is 79.4 Å². The number of hydrogen-bond acceptors (Lipinski definition) is 3. The summed E-state index contributed by atoms with van der Waals surface area (Å²) in [7, 11) is 0. The first-order chi connectivity index (χ1) is 14.7. The summed E-state index contributed by atoms with van der Waals surface area (Å²) < 4.78 is 5.97. The average Bonchev–Trinajstić information content (AvgIpc) is 2.81. The summed E-state index contributed by atoms with van der Waals surface area (Å²) in [4.78, 5) is 25.9. The Morgan fingerprint density at radius 3 is 2.07 bits per heavy atom. The van der Waals surface area contributed by atoms with E-state index in [0.29, 0.717) is 27.8 Å². The Balaban J connectivity index is 1.53. The van der Waals surface area contributed by atoms with Crippen molar-refractivity contribution in [3.05, 3.63) is 125 Å². The van der Waals surface area contributed by atoms with Crippen LogP contribution in [0.1, 0.15) is 49.1 Å². The number of ether oxygens (including phenoxy) is 1. The molecule has 0 fully saturated rings. The molecule has 30 heavy (non-hydrogen) atoms. The van der Waals surface area contributed by atoms with E-state index in [-0.39, 0.29) is 5.78 Å². The van der Waals surface area contributed by atoms with E-state index in [1.807, 2.05) is 66.7 Å². The fourth-order valence-electron chi connectivity index (χ4n) is 4.00. The van der Waals surface area contributed by atoms with Gasteiger partial charge in [-0.25, -0.2) is 4.79 Å². The summed E-state index contributed by atoms with van der Waals surface area (Å²) >= 11 is 0. The molecular formula is C27H18O3. The summed E-state index contributed by atoms with van der Waals surface area (Å²) in [6, 6.07) is 26.1. The third-order valence-electron chi connectivity index (χ3n) is 5.54. The molecular weight excluding hydrogens is 372 g/mol. The normalized spacial score (nSPS) is 12.9. The number of carbonyl (C=O) groups excluding carboxylic acids is 2. The van der Waals surface area contributed by atoms with Crippen LogP contribution < -0.4 is 0 Å². The lowest BCUT2D eigenvalue weighted by Gasteiger charge is -2.27. The van der Waals surface area contributed by atoms with Crippen LogP contribution in [0.15, 0.2) is 91.5 Å². The Kier molecular flexibility index (Phi) is 4.29. The molecule has 0 aromatic heterocycles. The molecule has 0 radical (unpaired) electrons. The zero-order valence-electron chi connectivity index (χ0n) is 16.2. The molecule has 3 heteroatoms. The van der Waals surface area contributed by atoms with Crippen molar-refractivity contribution < 1.29 is 14.3 Å². The minimum Gasteiger partial charge on any atom is -0.449 e. The van der Waals surface area contributed by atoms with Gasteiger partial charge in [-0.2, -0.15) is 0 Å². The van der Waals surface area contributed by atoms with Crippen LogP contribution >= 0.6 is 0 Å². The van der Waals surface area contributed by atoms with Gasteiger partial charge in [0.05, 0.1) is 5.56 Å². The fourth-order valence-corrected chi connectivity index (χ4v) is 4.00. The first kappa shape index (κ1) is 18.1. The Hall–Kier alpha value is -3.98. The highest BCUT2D eigenvalue weighted by molar-refractivity contribution is 6.12. The molecule has 0 amide bonds. The van der Waals surface area contributed by atoms with E-state index in [0.717, 1.165) is 16.3 Å². The second-order valence-electron chi connectivity index (χ2n) is 7.31. The second kappa shape index (κ2) is 7.12. The van der Waals surface area contributed by atoms with E-state index in [9.17, 15) is 9.59 Å². The molecule has 0 N–H and O–H groups in total. The molecule has 4 aromatic carbocycles. The number of esters is 1. The third kappa shape index (κ3) is 2.92. The molecule has 3 nitrogen and oxygen atoms in total. The molecule has 0 unspecified atom stereocenters. The van der Waals surface area contributed by atoms with Gasteiger partial charge in [-0.05, 0) is 34.5 Å². The predicted molar refractivity (Wildman–Crippen MR) is 118 cm³/mol. The minimum atomic E-state index is -0.624. The van der Waals surface area contributed by atoms with Crippen molar-refractivity contribution in [2.24, 2.45) is 0 Å². The molecule has 4 aromatic rings. The average molecular weight is 390 g/mol. The Bertz CT molecular complexity index is 1280. The van der Waals surface area contributed by atoms with Crippen LogP contribution in [-0.2, 0) is 4.74 Å². The maximum Gasteiger partial charge on any atom is 0.339 e. The molecule has 0 heterocycles. The van der Waals surface area contributed by atoms with Crippen LogP contribution in [0, 0.1) is 0 Å². The number of rotatable bonds is 3. The van der Waals surface area contributed by atoms with Gasteiger partial charge in [0.2, 0.25) is 0 Å². The lowest BCUT2D eigenvalue weighted by Crippen LogP contribution is -2.23. The van der Waals surface area contributed by atoms with Crippen molar-refractivity contribution in [1.82, 2.24) is 0 Å². The van der Waals surface area contributed by atoms with E-state index in [4.69, 9.17) is 4.74 Å². The lowest BCUT2D eigenvalue weighted by atomic mass is 9.83. The van der Waals surface area contributed by atoms with Crippen molar-refractivity contribution in [3.63, 3.8) is 0 Å². The monoisotopic (exact) mass is 390 g/mol. The van der Waals surface area contributed by atoms with Crippen LogP contribution in [-0.4, -0.2) is 11.8 Å². The smallest absolute Gasteiger partial charge is 0.339 e. The molecule has 5 rings (SSSR count). The highest BCUT2D eigenvalue weighted by Crippen LogP contribution is 2.37. The maximum atomic E-state index is 13.1. The van der Waals surface area contributed by atoms with E-state index < -0.39 is 12.1 Å². The number of fused-ring (bicyclic) bond motifs is 3.